The molecule has 0 saturated heterocycles. The van der Waals surface area contributed by atoms with Crippen molar-refractivity contribution >= 4 is 22.6 Å². The van der Waals surface area contributed by atoms with Gasteiger partial charge in [0.2, 0.25) is 0 Å². The number of carboxylic acid groups (broad SMARTS) is 1. The first-order valence-corrected chi connectivity index (χ1v) is 14.7. The van der Waals surface area contributed by atoms with Crippen LogP contribution in [0.4, 0.5) is 0 Å². The van der Waals surface area contributed by atoms with E-state index in [1.807, 2.05) is 13.8 Å². The Morgan fingerprint density at radius 1 is 0.875 bits per heavy atom. The quantitative estimate of drug-likeness (QED) is 0.422. The van der Waals surface area contributed by atoms with Gasteiger partial charge in [-0.15, -0.1) is 0 Å². The minimum atomic E-state index is -1.89. The Balaban J connectivity index is 5.58. The molecular formula is C18H40O4Si2. The Bertz CT molecular complexity index is 361. The van der Waals surface area contributed by atoms with E-state index >= 15 is 0 Å². The molecule has 0 aromatic carbocycles. The molecule has 0 amide bonds. The van der Waals surface area contributed by atoms with Crippen LogP contribution < -0.4 is 0 Å². The van der Waals surface area contributed by atoms with Crippen LogP contribution in [0.25, 0.3) is 0 Å². The van der Waals surface area contributed by atoms with Crippen molar-refractivity contribution in [3.05, 3.63) is 0 Å². The van der Waals surface area contributed by atoms with Crippen LogP contribution in [0.5, 0.6) is 0 Å². The molecular weight excluding hydrogens is 336 g/mol. The van der Waals surface area contributed by atoms with Crippen molar-refractivity contribution in [2.75, 3.05) is 0 Å². The summed E-state index contributed by atoms with van der Waals surface area (Å²) in [6, 6.07) is 6.22. The highest BCUT2D eigenvalue weighted by atomic mass is 28.4. The fourth-order valence-corrected chi connectivity index (χ4v) is 9.63. The summed E-state index contributed by atoms with van der Waals surface area (Å²) in [6.45, 7) is 17.2. The summed E-state index contributed by atoms with van der Waals surface area (Å²) in [7, 11) is -3.72. The van der Waals surface area contributed by atoms with Crippen molar-refractivity contribution in [3.8, 4) is 0 Å². The number of rotatable bonds is 13. The van der Waals surface area contributed by atoms with Gasteiger partial charge in [-0.05, 0) is 50.1 Å². The summed E-state index contributed by atoms with van der Waals surface area (Å²) in [5, 5.41) is 9.42. The third-order valence-electron chi connectivity index (χ3n) is 5.87. The first-order valence-electron chi connectivity index (χ1n) is 9.69. The predicted octanol–water partition coefficient (Wildman–Crippen LogP) is 5.65. The molecule has 4 nitrogen and oxygen atoms in total. The van der Waals surface area contributed by atoms with Gasteiger partial charge in [0.05, 0.1) is 18.1 Å². The van der Waals surface area contributed by atoms with Gasteiger partial charge in [0.15, 0.2) is 16.6 Å². The van der Waals surface area contributed by atoms with Crippen molar-refractivity contribution in [3.63, 3.8) is 0 Å². The highest BCUT2D eigenvalue weighted by molar-refractivity contribution is 6.74. The van der Waals surface area contributed by atoms with Crippen molar-refractivity contribution < 1.29 is 18.8 Å². The van der Waals surface area contributed by atoms with Crippen LogP contribution in [-0.2, 0) is 13.6 Å². The van der Waals surface area contributed by atoms with Crippen molar-refractivity contribution in [1.29, 1.82) is 0 Å². The van der Waals surface area contributed by atoms with Gasteiger partial charge < -0.3 is 14.0 Å². The molecule has 0 fully saturated rings. The van der Waals surface area contributed by atoms with Crippen LogP contribution >= 0.6 is 0 Å². The molecule has 1 unspecified atom stereocenters. The Morgan fingerprint density at radius 2 is 1.25 bits per heavy atom. The lowest BCUT2D eigenvalue weighted by Gasteiger charge is -2.45. The van der Waals surface area contributed by atoms with Crippen molar-refractivity contribution in [1.82, 2.24) is 0 Å². The van der Waals surface area contributed by atoms with Gasteiger partial charge in [0, 0.05) is 0 Å². The Labute approximate surface area is 151 Å². The monoisotopic (exact) mass is 376 g/mol. The minimum absolute atomic E-state index is 0.0172. The van der Waals surface area contributed by atoms with Gasteiger partial charge >= 0.3 is 5.97 Å². The minimum Gasteiger partial charge on any atom is -0.481 e. The molecule has 0 bridgehead atoms. The van der Waals surface area contributed by atoms with E-state index in [-0.39, 0.29) is 12.5 Å². The molecule has 144 valence electrons. The van der Waals surface area contributed by atoms with Crippen molar-refractivity contribution in [2.24, 2.45) is 0 Å². The average molecular weight is 377 g/mol. The number of hydrogen-bond acceptors (Lipinski definition) is 3. The van der Waals surface area contributed by atoms with Crippen LogP contribution in [0, 0.1) is 0 Å². The zero-order valence-corrected chi connectivity index (χ0v) is 19.2. The smallest absolute Gasteiger partial charge is 0.306 e. The standard InChI is InChI=1S/C18H40O4Si2/c1-9-23(10-2,11-3)21-16(15-17(19)20)18(7,8)22-24(12-4,13-5)14-6/h16H,9-15H2,1-8H3,(H,19,20). The second kappa shape index (κ2) is 10.1. The summed E-state index contributed by atoms with van der Waals surface area (Å²) in [4.78, 5) is 11.5. The van der Waals surface area contributed by atoms with E-state index < -0.39 is 28.2 Å². The van der Waals surface area contributed by atoms with Crippen LogP contribution in [-0.4, -0.2) is 39.4 Å². The Morgan fingerprint density at radius 3 is 1.54 bits per heavy atom. The summed E-state index contributed by atoms with van der Waals surface area (Å²) in [5.74, 6) is -0.806. The summed E-state index contributed by atoms with van der Waals surface area (Å²) < 4.78 is 13.3. The van der Waals surface area contributed by atoms with E-state index in [1.165, 1.54) is 0 Å². The summed E-state index contributed by atoms with van der Waals surface area (Å²) in [6.07, 6.45) is -0.360. The number of aliphatic carboxylic acids is 1. The second-order valence-electron chi connectivity index (χ2n) is 7.40. The maximum atomic E-state index is 11.5. The first kappa shape index (κ1) is 23.8. The van der Waals surface area contributed by atoms with Crippen LogP contribution in [0.3, 0.4) is 0 Å². The molecule has 0 saturated carbocycles. The molecule has 0 aliphatic heterocycles. The molecule has 0 aromatic heterocycles. The van der Waals surface area contributed by atoms with E-state index in [9.17, 15) is 9.90 Å². The molecule has 24 heavy (non-hydrogen) atoms. The third-order valence-corrected chi connectivity index (χ3v) is 15.3. The SMILES string of the molecule is CC[Si](CC)(CC)OC(CC(=O)O)C(C)(C)O[Si](CC)(CC)CC. The maximum absolute atomic E-state index is 11.5. The molecule has 0 radical (unpaired) electrons. The lowest BCUT2D eigenvalue weighted by molar-refractivity contribution is -0.142. The van der Waals surface area contributed by atoms with Gasteiger partial charge in [-0.3, -0.25) is 4.79 Å². The second-order valence-corrected chi connectivity index (χ2v) is 16.8. The van der Waals surface area contributed by atoms with Gasteiger partial charge in [-0.1, -0.05) is 41.5 Å². The summed E-state index contributed by atoms with van der Waals surface area (Å²) in [5.41, 5.74) is -0.565. The average Bonchev–Trinajstić information content (AvgIpc) is 2.56. The molecule has 0 aliphatic carbocycles. The highest BCUT2D eigenvalue weighted by Crippen LogP contribution is 2.35. The molecule has 0 rings (SSSR count). The third kappa shape index (κ3) is 6.28. The lowest BCUT2D eigenvalue weighted by atomic mass is 9.99. The zero-order chi connectivity index (χ0) is 19.0. The fraction of sp³-hybridized carbons (Fsp3) is 0.944. The van der Waals surface area contributed by atoms with Gasteiger partial charge in [-0.25, -0.2) is 0 Å². The van der Waals surface area contributed by atoms with E-state index in [2.05, 4.69) is 41.5 Å². The van der Waals surface area contributed by atoms with E-state index in [1.54, 1.807) is 0 Å². The maximum Gasteiger partial charge on any atom is 0.306 e. The van der Waals surface area contributed by atoms with Gasteiger partial charge in [-0.2, -0.15) is 0 Å². The normalized spacial score (nSPS) is 14.7. The van der Waals surface area contributed by atoms with E-state index in [0.29, 0.717) is 0 Å². The van der Waals surface area contributed by atoms with Crippen LogP contribution in [0.15, 0.2) is 0 Å². The molecule has 0 aromatic rings. The van der Waals surface area contributed by atoms with Crippen LogP contribution in [0.2, 0.25) is 36.3 Å². The number of hydrogen-bond donors (Lipinski definition) is 1. The molecule has 0 heterocycles. The van der Waals surface area contributed by atoms with Gasteiger partial charge in [0.25, 0.3) is 0 Å². The molecule has 6 heteroatoms. The zero-order valence-electron chi connectivity index (χ0n) is 17.2. The number of carbonyl (C=O) groups is 1. The van der Waals surface area contributed by atoms with E-state index in [0.717, 1.165) is 36.3 Å². The van der Waals surface area contributed by atoms with Gasteiger partial charge in [0.1, 0.15) is 0 Å². The van der Waals surface area contributed by atoms with Crippen LogP contribution in [0.1, 0.15) is 61.8 Å². The predicted molar refractivity (Wildman–Crippen MR) is 107 cm³/mol. The molecule has 1 atom stereocenters. The largest absolute Gasteiger partial charge is 0.481 e. The van der Waals surface area contributed by atoms with Crippen molar-refractivity contribution in [2.45, 2.75) is 110 Å². The lowest BCUT2D eigenvalue weighted by Crippen LogP contribution is -2.55. The molecule has 0 spiro atoms. The topological polar surface area (TPSA) is 55.8 Å². The molecule has 1 N–H and O–H groups in total. The number of carboxylic acids is 1. The fourth-order valence-electron chi connectivity index (χ4n) is 3.48. The van der Waals surface area contributed by atoms with E-state index in [4.69, 9.17) is 8.85 Å². The highest BCUT2D eigenvalue weighted by Gasteiger charge is 2.44. The molecule has 0 aliphatic rings. The first-order chi connectivity index (χ1) is 11.1. The summed E-state index contributed by atoms with van der Waals surface area (Å²) >= 11 is 0. The Hall–Kier alpha value is -0.176. The Kier molecular flexibility index (Phi) is 10.0.